The van der Waals surface area contributed by atoms with Crippen molar-refractivity contribution in [3.8, 4) is 6.07 Å². The molecule has 1 aliphatic heterocycles. The molecule has 0 amide bonds. The van der Waals surface area contributed by atoms with E-state index in [1.807, 2.05) is 6.07 Å². The van der Waals surface area contributed by atoms with Crippen LogP contribution >= 0.6 is 12.4 Å². The Morgan fingerprint density at radius 3 is 2.81 bits per heavy atom. The van der Waals surface area contributed by atoms with Crippen LogP contribution in [0.15, 0.2) is 0 Å². The van der Waals surface area contributed by atoms with Crippen LogP contribution < -0.4 is 10.0 Å². The highest BCUT2D eigenvalue weighted by molar-refractivity contribution is 7.87. The minimum absolute atomic E-state index is 0. The fourth-order valence-electron chi connectivity index (χ4n) is 1.38. The van der Waals surface area contributed by atoms with E-state index in [1.165, 1.54) is 11.4 Å². The number of nitrogens with zero attached hydrogens (tertiary/aromatic N) is 2. The van der Waals surface area contributed by atoms with Gasteiger partial charge in [0, 0.05) is 32.6 Å². The van der Waals surface area contributed by atoms with Gasteiger partial charge in [-0.05, 0) is 13.0 Å². The molecule has 1 heterocycles. The van der Waals surface area contributed by atoms with Crippen molar-refractivity contribution in [2.45, 2.75) is 18.9 Å². The lowest BCUT2D eigenvalue weighted by molar-refractivity contribution is 0.454. The number of hydrogen-bond donors (Lipinski definition) is 2. The molecule has 1 saturated heterocycles. The molecule has 0 aromatic heterocycles. The maximum Gasteiger partial charge on any atom is 0.279 e. The van der Waals surface area contributed by atoms with Crippen LogP contribution in [0.5, 0.6) is 0 Å². The van der Waals surface area contributed by atoms with E-state index in [2.05, 4.69) is 10.0 Å². The maximum absolute atomic E-state index is 11.7. The van der Waals surface area contributed by atoms with Gasteiger partial charge >= 0.3 is 0 Å². The second-order valence-corrected chi connectivity index (χ2v) is 5.35. The third-order valence-corrected chi connectivity index (χ3v) is 3.96. The Morgan fingerprint density at radius 2 is 2.31 bits per heavy atom. The second-order valence-electron chi connectivity index (χ2n) is 3.54. The summed E-state index contributed by atoms with van der Waals surface area (Å²) in [7, 11) is -1.95. The Hall–Kier alpha value is -0.390. The van der Waals surface area contributed by atoms with Gasteiger partial charge in [0.05, 0.1) is 6.07 Å². The SMILES string of the molecule is CN(CCC#N)S(=O)(=O)NC1CCNC1.Cl. The lowest BCUT2D eigenvalue weighted by atomic mass is 10.3. The number of nitrogens with one attached hydrogen (secondary N) is 2. The molecule has 0 radical (unpaired) electrons. The standard InChI is InChI=1S/C8H16N4O2S.ClH/c1-12(6-2-4-9)15(13,14)11-8-3-5-10-7-8;/h8,10-11H,2-3,5-7H2,1H3;1H. The van der Waals surface area contributed by atoms with Gasteiger partial charge in [0.1, 0.15) is 0 Å². The van der Waals surface area contributed by atoms with Gasteiger partial charge in [-0.2, -0.15) is 22.7 Å². The first-order valence-electron chi connectivity index (χ1n) is 4.87. The average molecular weight is 269 g/mol. The first-order valence-corrected chi connectivity index (χ1v) is 6.31. The van der Waals surface area contributed by atoms with Crippen LogP contribution in [0.1, 0.15) is 12.8 Å². The highest BCUT2D eigenvalue weighted by atomic mass is 35.5. The monoisotopic (exact) mass is 268 g/mol. The van der Waals surface area contributed by atoms with Crippen LogP contribution in [-0.4, -0.2) is 45.4 Å². The number of halogens is 1. The van der Waals surface area contributed by atoms with E-state index >= 15 is 0 Å². The normalized spacial score (nSPS) is 20.4. The molecule has 6 nitrogen and oxygen atoms in total. The van der Waals surface area contributed by atoms with Crippen LogP contribution in [-0.2, 0) is 10.2 Å². The zero-order valence-electron chi connectivity index (χ0n) is 9.14. The summed E-state index contributed by atoms with van der Waals surface area (Å²) in [4.78, 5) is 0. The quantitative estimate of drug-likeness (QED) is 0.701. The van der Waals surface area contributed by atoms with Gasteiger partial charge < -0.3 is 5.32 Å². The number of nitriles is 1. The Kier molecular flexibility index (Phi) is 6.87. The lowest BCUT2D eigenvalue weighted by Gasteiger charge is -2.19. The van der Waals surface area contributed by atoms with Crippen LogP contribution in [0, 0.1) is 11.3 Å². The fourth-order valence-corrected chi connectivity index (χ4v) is 2.52. The highest BCUT2D eigenvalue weighted by Crippen LogP contribution is 2.02. The third kappa shape index (κ3) is 4.63. The van der Waals surface area contributed by atoms with E-state index in [9.17, 15) is 8.42 Å². The predicted octanol–water partition coefficient (Wildman–Crippen LogP) is -0.550. The van der Waals surface area contributed by atoms with E-state index in [-0.39, 0.29) is 31.4 Å². The van der Waals surface area contributed by atoms with Crippen LogP contribution in [0.3, 0.4) is 0 Å². The van der Waals surface area contributed by atoms with E-state index in [0.29, 0.717) is 6.54 Å². The van der Waals surface area contributed by atoms with Gasteiger partial charge in [-0.15, -0.1) is 12.4 Å². The van der Waals surface area contributed by atoms with Gasteiger partial charge in [-0.25, -0.2) is 0 Å². The van der Waals surface area contributed by atoms with E-state index in [4.69, 9.17) is 5.26 Å². The molecule has 8 heteroatoms. The predicted molar refractivity (Wildman–Crippen MR) is 63.4 cm³/mol. The second kappa shape index (κ2) is 7.04. The minimum Gasteiger partial charge on any atom is -0.315 e. The summed E-state index contributed by atoms with van der Waals surface area (Å²) < 4.78 is 27.1. The largest absolute Gasteiger partial charge is 0.315 e. The molecule has 1 aliphatic rings. The zero-order valence-corrected chi connectivity index (χ0v) is 10.8. The Labute approximate surface area is 103 Å². The zero-order chi connectivity index (χ0) is 11.3. The molecule has 1 fully saturated rings. The first kappa shape index (κ1) is 15.6. The summed E-state index contributed by atoms with van der Waals surface area (Å²) in [5, 5.41) is 11.4. The molecule has 1 unspecified atom stereocenters. The van der Waals surface area contributed by atoms with Gasteiger partial charge in [-0.3, -0.25) is 0 Å². The Morgan fingerprint density at radius 1 is 1.62 bits per heavy atom. The molecule has 94 valence electrons. The number of hydrogen-bond acceptors (Lipinski definition) is 4. The van der Waals surface area contributed by atoms with Crippen molar-refractivity contribution in [2.75, 3.05) is 26.7 Å². The molecular weight excluding hydrogens is 252 g/mol. The average Bonchev–Trinajstić information content (AvgIpc) is 2.65. The Bertz CT molecular complexity index is 334. The van der Waals surface area contributed by atoms with E-state index in [1.54, 1.807) is 0 Å². The topological polar surface area (TPSA) is 85.2 Å². The van der Waals surface area contributed by atoms with Crippen molar-refractivity contribution in [1.29, 1.82) is 5.26 Å². The summed E-state index contributed by atoms with van der Waals surface area (Å²) in [6.07, 6.45) is 1.02. The lowest BCUT2D eigenvalue weighted by Crippen LogP contribution is -2.44. The molecule has 0 aromatic rings. The van der Waals surface area contributed by atoms with Crippen molar-refractivity contribution in [3.63, 3.8) is 0 Å². The summed E-state index contributed by atoms with van der Waals surface area (Å²) >= 11 is 0. The molecule has 1 rings (SSSR count). The van der Waals surface area contributed by atoms with Crippen LogP contribution in [0.25, 0.3) is 0 Å². The molecule has 0 aliphatic carbocycles. The first-order chi connectivity index (χ1) is 7.06. The van der Waals surface area contributed by atoms with Crippen molar-refractivity contribution in [3.05, 3.63) is 0 Å². The fraction of sp³-hybridized carbons (Fsp3) is 0.875. The highest BCUT2D eigenvalue weighted by Gasteiger charge is 2.23. The van der Waals surface area contributed by atoms with Crippen LogP contribution in [0.2, 0.25) is 0 Å². The minimum atomic E-state index is -3.42. The van der Waals surface area contributed by atoms with Crippen molar-refractivity contribution < 1.29 is 8.42 Å². The van der Waals surface area contributed by atoms with Gasteiger partial charge in [0.15, 0.2) is 0 Å². The molecular formula is C8H17ClN4O2S. The molecule has 0 saturated carbocycles. The Balaban J connectivity index is 0.00000225. The molecule has 0 aromatic carbocycles. The summed E-state index contributed by atoms with van der Waals surface area (Å²) in [5.41, 5.74) is 0. The van der Waals surface area contributed by atoms with Gasteiger partial charge in [0.2, 0.25) is 0 Å². The van der Waals surface area contributed by atoms with E-state index < -0.39 is 10.2 Å². The molecule has 0 spiro atoms. The van der Waals surface area contributed by atoms with Crippen molar-refractivity contribution in [2.24, 2.45) is 0 Å². The van der Waals surface area contributed by atoms with E-state index in [0.717, 1.165) is 13.0 Å². The number of rotatable bonds is 5. The van der Waals surface area contributed by atoms with Crippen molar-refractivity contribution >= 4 is 22.6 Å². The third-order valence-electron chi connectivity index (χ3n) is 2.32. The summed E-state index contributed by atoms with van der Waals surface area (Å²) in [6, 6.07) is 1.89. The maximum atomic E-state index is 11.7. The molecule has 2 N–H and O–H groups in total. The molecule has 0 bridgehead atoms. The van der Waals surface area contributed by atoms with Crippen LogP contribution in [0.4, 0.5) is 0 Å². The summed E-state index contributed by atoms with van der Waals surface area (Å²) in [5.74, 6) is 0. The van der Waals surface area contributed by atoms with Gasteiger partial charge in [-0.1, -0.05) is 0 Å². The molecule has 1 atom stereocenters. The van der Waals surface area contributed by atoms with Crippen molar-refractivity contribution in [1.82, 2.24) is 14.3 Å². The summed E-state index contributed by atoms with van der Waals surface area (Å²) in [6.45, 7) is 1.74. The van der Waals surface area contributed by atoms with Gasteiger partial charge in [0.25, 0.3) is 10.2 Å². The molecule has 16 heavy (non-hydrogen) atoms. The smallest absolute Gasteiger partial charge is 0.279 e.